The number of nitrogens with zero attached hydrogens (tertiary/aromatic N) is 2. The third kappa shape index (κ3) is 5.20. The van der Waals surface area contributed by atoms with Gasteiger partial charge in [0.1, 0.15) is 6.04 Å². The van der Waals surface area contributed by atoms with Crippen LogP contribution in [0.1, 0.15) is 29.6 Å². The van der Waals surface area contributed by atoms with E-state index in [1.54, 1.807) is 31.1 Å². The third-order valence-corrected chi connectivity index (χ3v) is 4.16. The Morgan fingerprint density at radius 1 is 1.12 bits per heavy atom. The Morgan fingerprint density at radius 3 is 2.48 bits per heavy atom. The first kappa shape index (κ1) is 18.8. The molecule has 7 heteroatoms. The summed E-state index contributed by atoms with van der Waals surface area (Å²) in [4.78, 5) is 39.4. The van der Waals surface area contributed by atoms with Crippen molar-refractivity contribution < 1.29 is 14.4 Å². The molecular weight excluding hydrogens is 320 g/mol. The van der Waals surface area contributed by atoms with Crippen LogP contribution >= 0.6 is 0 Å². The van der Waals surface area contributed by atoms with E-state index in [2.05, 4.69) is 10.6 Å². The molecule has 1 aliphatic heterocycles. The molecule has 7 nitrogen and oxygen atoms in total. The number of likely N-dealkylation sites (tertiary alicyclic amines) is 1. The van der Waals surface area contributed by atoms with E-state index in [0.29, 0.717) is 38.0 Å². The Hall–Kier alpha value is -2.57. The molecule has 1 fully saturated rings. The van der Waals surface area contributed by atoms with Crippen molar-refractivity contribution in [2.75, 3.05) is 33.7 Å². The van der Waals surface area contributed by atoms with Crippen molar-refractivity contribution in [3.8, 4) is 0 Å². The van der Waals surface area contributed by atoms with E-state index >= 15 is 0 Å². The lowest BCUT2D eigenvalue weighted by Crippen LogP contribution is -2.49. The summed E-state index contributed by atoms with van der Waals surface area (Å²) < 4.78 is 0. The fraction of sp³-hybridized carbons (Fsp3) is 0.500. The Kier molecular flexibility index (Phi) is 6.80. The van der Waals surface area contributed by atoms with Crippen LogP contribution in [0.3, 0.4) is 0 Å². The van der Waals surface area contributed by atoms with Gasteiger partial charge in [-0.05, 0) is 31.4 Å². The van der Waals surface area contributed by atoms with E-state index in [0.717, 1.165) is 6.42 Å². The first-order valence-corrected chi connectivity index (χ1v) is 8.59. The molecule has 136 valence electrons. The highest BCUT2D eigenvalue weighted by Gasteiger charge is 2.34. The van der Waals surface area contributed by atoms with Crippen molar-refractivity contribution in [3.05, 3.63) is 35.9 Å². The topological polar surface area (TPSA) is 81.8 Å². The number of hydrogen-bond acceptors (Lipinski definition) is 3. The Labute approximate surface area is 148 Å². The van der Waals surface area contributed by atoms with Crippen LogP contribution in [-0.4, -0.2) is 67.4 Å². The van der Waals surface area contributed by atoms with E-state index in [1.807, 2.05) is 18.2 Å². The van der Waals surface area contributed by atoms with E-state index in [1.165, 1.54) is 4.90 Å². The highest BCUT2D eigenvalue weighted by atomic mass is 16.2. The summed E-state index contributed by atoms with van der Waals surface area (Å²) in [6.07, 6.45) is 2.17. The Bertz CT molecular complexity index is 604. The minimum absolute atomic E-state index is 0.120. The maximum absolute atomic E-state index is 12.3. The number of carbonyl (C=O) groups excluding carboxylic acids is 3. The standard InChI is InChI=1S/C18H26N4O3/c1-21(2)18(25)22-13-6-10-15(22)17(24)20-12-7-11-19-16(23)14-8-4-3-5-9-14/h3-5,8-9,15H,6-7,10-13H2,1-2H3,(H,19,23)(H,20,24)/t15-/m1/s1. The summed E-state index contributed by atoms with van der Waals surface area (Å²) in [5.74, 6) is -0.243. The number of benzene rings is 1. The average molecular weight is 346 g/mol. The van der Waals surface area contributed by atoms with Gasteiger partial charge in [0.05, 0.1) is 0 Å². The van der Waals surface area contributed by atoms with Crippen LogP contribution in [-0.2, 0) is 4.79 Å². The zero-order chi connectivity index (χ0) is 18.2. The summed E-state index contributed by atoms with van der Waals surface area (Å²) in [5, 5.41) is 5.68. The van der Waals surface area contributed by atoms with Crippen molar-refractivity contribution >= 4 is 17.8 Å². The van der Waals surface area contributed by atoms with Crippen LogP contribution < -0.4 is 10.6 Å². The van der Waals surface area contributed by atoms with Gasteiger partial charge >= 0.3 is 6.03 Å². The predicted octanol–water partition coefficient (Wildman–Crippen LogP) is 1.07. The van der Waals surface area contributed by atoms with E-state index in [9.17, 15) is 14.4 Å². The van der Waals surface area contributed by atoms with Crippen LogP contribution in [0.15, 0.2) is 30.3 Å². The molecular formula is C18H26N4O3. The second kappa shape index (κ2) is 9.05. The molecule has 1 atom stereocenters. The fourth-order valence-electron chi connectivity index (χ4n) is 2.84. The summed E-state index contributed by atoms with van der Waals surface area (Å²) in [7, 11) is 3.37. The molecule has 0 saturated carbocycles. The highest BCUT2D eigenvalue weighted by Crippen LogP contribution is 2.18. The Balaban J connectivity index is 1.68. The van der Waals surface area contributed by atoms with Crippen molar-refractivity contribution in [2.45, 2.75) is 25.3 Å². The van der Waals surface area contributed by atoms with Crippen molar-refractivity contribution in [1.82, 2.24) is 20.4 Å². The number of nitrogens with one attached hydrogen (secondary N) is 2. The SMILES string of the molecule is CN(C)C(=O)N1CCC[C@@H]1C(=O)NCCCNC(=O)c1ccccc1. The van der Waals surface area contributed by atoms with Gasteiger partial charge in [0, 0.05) is 39.3 Å². The molecule has 1 aromatic rings. The molecule has 0 bridgehead atoms. The molecule has 2 N–H and O–H groups in total. The molecule has 0 radical (unpaired) electrons. The van der Waals surface area contributed by atoms with E-state index < -0.39 is 6.04 Å². The predicted molar refractivity (Wildman–Crippen MR) is 95.2 cm³/mol. The van der Waals surface area contributed by atoms with Crippen LogP contribution in [0.5, 0.6) is 0 Å². The number of amides is 4. The van der Waals surface area contributed by atoms with Crippen molar-refractivity contribution in [2.24, 2.45) is 0 Å². The van der Waals surface area contributed by atoms with Gasteiger partial charge in [-0.15, -0.1) is 0 Å². The number of rotatable bonds is 6. The molecule has 0 spiro atoms. The summed E-state index contributed by atoms with van der Waals surface area (Å²) in [5.41, 5.74) is 0.621. The first-order chi connectivity index (χ1) is 12.0. The molecule has 2 rings (SSSR count). The van der Waals surface area contributed by atoms with Gasteiger partial charge in [-0.25, -0.2) is 4.79 Å². The molecule has 1 heterocycles. The van der Waals surface area contributed by atoms with E-state index in [-0.39, 0.29) is 17.8 Å². The largest absolute Gasteiger partial charge is 0.354 e. The van der Waals surface area contributed by atoms with Crippen molar-refractivity contribution in [1.29, 1.82) is 0 Å². The van der Waals surface area contributed by atoms with Crippen LogP contribution in [0.2, 0.25) is 0 Å². The number of urea groups is 1. The minimum Gasteiger partial charge on any atom is -0.354 e. The lowest BCUT2D eigenvalue weighted by atomic mass is 10.2. The molecule has 0 unspecified atom stereocenters. The smallest absolute Gasteiger partial charge is 0.320 e. The molecule has 1 saturated heterocycles. The van der Waals surface area contributed by atoms with Crippen LogP contribution in [0.25, 0.3) is 0 Å². The summed E-state index contributed by atoms with van der Waals surface area (Å²) in [6, 6.07) is 8.48. The Morgan fingerprint density at radius 2 is 1.80 bits per heavy atom. The molecule has 1 aliphatic rings. The van der Waals surface area contributed by atoms with E-state index in [4.69, 9.17) is 0 Å². The molecule has 1 aromatic carbocycles. The molecule has 0 aliphatic carbocycles. The van der Waals surface area contributed by atoms with Crippen LogP contribution in [0.4, 0.5) is 4.79 Å². The van der Waals surface area contributed by atoms with Crippen molar-refractivity contribution in [3.63, 3.8) is 0 Å². The first-order valence-electron chi connectivity index (χ1n) is 8.59. The molecule has 4 amide bonds. The average Bonchev–Trinajstić information content (AvgIpc) is 3.10. The van der Waals surface area contributed by atoms with Gasteiger partial charge in [0.15, 0.2) is 0 Å². The van der Waals surface area contributed by atoms with Gasteiger partial charge in [-0.1, -0.05) is 18.2 Å². The summed E-state index contributed by atoms with van der Waals surface area (Å²) in [6.45, 7) is 1.57. The zero-order valence-corrected chi connectivity index (χ0v) is 14.8. The highest BCUT2D eigenvalue weighted by molar-refractivity contribution is 5.94. The molecule has 25 heavy (non-hydrogen) atoms. The third-order valence-electron chi connectivity index (χ3n) is 4.16. The fourth-order valence-corrected chi connectivity index (χ4v) is 2.84. The van der Waals surface area contributed by atoms with Crippen LogP contribution in [0, 0.1) is 0 Å². The lowest BCUT2D eigenvalue weighted by molar-refractivity contribution is -0.124. The quantitative estimate of drug-likeness (QED) is 0.756. The van der Waals surface area contributed by atoms with Gasteiger partial charge in [-0.3, -0.25) is 9.59 Å². The number of hydrogen-bond donors (Lipinski definition) is 2. The zero-order valence-electron chi connectivity index (χ0n) is 14.8. The normalized spacial score (nSPS) is 16.4. The maximum Gasteiger partial charge on any atom is 0.320 e. The summed E-state index contributed by atoms with van der Waals surface area (Å²) >= 11 is 0. The van der Waals surface area contributed by atoms with Gasteiger partial charge in [0.2, 0.25) is 5.91 Å². The second-order valence-corrected chi connectivity index (χ2v) is 6.29. The number of carbonyl (C=O) groups is 3. The minimum atomic E-state index is -0.395. The lowest BCUT2D eigenvalue weighted by Gasteiger charge is -2.26. The monoisotopic (exact) mass is 346 g/mol. The molecule has 0 aromatic heterocycles. The van der Waals surface area contributed by atoms with Gasteiger partial charge in [0.25, 0.3) is 5.91 Å². The van der Waals surface area contributed by atoms with Gasteiger partial charge < -0.3 is 20.4 Å². The maximum atomic E-state index is 12.3. The van der Waals surface area contributed by atoms with Gasteiger partial charge in [-0.2, -0.15) is 0 Å². The second-order valence-electron chi connectivity index (χ2n) is 6.29.